The summed E-state index contributed by atoms with van der Waals surface area (Å²) >= 11 is 0. The molecule has 0 fully saturated rings. The van der Waals surface area contributed by atoms with Crippen molar-refractivity contribution in [2.45, 2.75) is 13.5 Å². The average molecular weight is 258 g/mol. The molecule has 1 aromatic heterocycles. The monoisotopic (exact) mass is 258 g/mol. The quantitative estimate of drug-likeness (QED) is 0.864. The highest BCUT2D eigenvalue weighted by atomic mass is 16.5. The van der Waals surface area contributed by atoms with Gasteiger partial charge >= 0.3 is 0 Å². The molecule has 0 bridgehead atoms. The lowest BCUT2D eigenvalue weighted by Crippen LogP contribution is -2.03. The van der Waals surface area contributed by atoms with Gasteiger partial charge in [-0.25, -0.2) is 4.98 Å². The fraction of sp³-hybridized carbons (Fsp3) is 0.267. The summed E-state index contributed by atoms with van der Waals surface area (Å²) in [5.74, 6) is 2.37. The smallest absolute Gasteiger partial charge is 0.168 e. The van der Waals surface area contributed by atoms with Crippen molar-refractivity contribution >= 4 is 5.82 Å². The highest BCUT2D eigenvalue weighted by Crippen LogP contribution is 2.21. The average Bonchev–Trinajstić information content (AvgIpc) is 2.46. The molecular weight excluding hydrogens is 240 g/mol. The topological polar surface area (TPSA) is 43.4 Å². The normalized spacial score (nSPS) is 10.0. The van der Waals surface area contributed by atoms with E-state index >= 15 is 0 Å². The van der Waals surface area contributed by atoms with Gasteiger partial charge in [-0.15, -0.1) is 0 Å². The minimum Gasteiger partial charge on any atom is -0.494 e. The van der Waals surface area contributed by atoms with Gasteiger partial charge in [0, 0.05) is 12.7 Å². The first-order valence-electron chi connectivity index (χ1n) is 6.28. The van der Waals surface area contributed by atoms with Crippen LogP contribution >= 0.6 is 0 Å². The van der Waals surface area contributed by atoms with E-state index in [2.05, 4.69) is 10.3 Å². The molecule has 1 N–H and O–H groups in total. The van der Waals surface area contributed by atoms with Crippen LogP contribution in [0.25, 0.3) is 0 Å². The number of hydrogen-bond donors (Lipinski definition) is 1. The van der Waals surface area contributed by atoms with Gasteiger partial charge in [0.2, 0.25) is 0 Å². The molecule has 1 aromatic carbocycles. The zero-order chi connectivity index (χ0) is 13.5. The number of hydrogen-bond acceptors (Lipinski definition) is 4. The number of rotatable bonds is 6. The summed E-state index contributed by atoms with van der Waals surface area (Å²) in [7, 11) is 1.64. The maximum Gasteiger partial charge on any atom is 0.168 e. The van der Waals surface area contributed by atoms with Gasteiger partial charge in [0.1, 0.15) is 5.75 Å². The Balaban J connectivity index is 2.03. The Morgan fingerprint density at radius 3 is 2.89 bits per heavy atom. The Morgan fingerprint density at radius 1 is 1.21 bits per heavy atom. The number of ether oxygens (including phenoxy) is 2. The van der Waals surface area contributed by atoms with Gasteiger partial charge in [-0.1, -0.05) is 12.1 Å². The number of anilines is 1. The standard InChI is InChI=1S/C15H18N2O2/c1-3-19-13-7-4-6-12(10-13)11-17-15-14(18-2)8-5-9-16-15/h4-10H,3,11H2,1-2H3,(H,16,17). The Morgan fingerprint density at radius 2 is 2.11 bits per heavy atom. The Labute approximate surface area is 113 Å². The van der Waals surface area contributed by atoms with Crippen molar-refractivity contribution in [2.24, 2.45) is 0 Å². The molecule has 0 saturated carbocycles. The van der Waals surface area contributed by atoms with E-state index in [1.165, 1.54) is 0 Å². The summed E-state index contributed by atoms with van der Waals surface area (Å²) < 4.78 is 10.7. The van der Waals surface area contributed by atoms with Crippen LogP contribution in [0.3, 0.4) is 0 Å². The highest BCUT2D eigenvalue weighted by Gasteiger charge is 2.03. The SMILES string of the molecule is CCOc1cccc(CNc2ncccc2OC)c1. The summed E-state index contributed by atoms with van der Waals surface area (Å²) in [5, 5.41) is 3.26. The molecule has 4 heteroatoms. The van der Waals surface area contributed by atoms with E-state index in [9.17, 15) is 0 Å². The van der Waals surface area contributed by atoms with Gasteiger partial charge in [0.05, 0.1) is 13.7 Å². The van der Waals surface area contributed by atoms with Gasteiger partial charge in [-0.3, -0.25) is 0 Å². The molecular formula is C15H18N2O2. The summed E-state index contributed by atoms with van der Waals surface area (Å²) in [6.07, 6.45) is 1.74. The van der Waals surface area contributed by atoms with Crippen LogP contribution in [-0.4, -0.2) is 18.7 Å². The fourth-order valence-corrected chi connectivity index (χ4v) is 1.79. The molecule has 0 amide bonds. The molecule has 2 aromatic rings. The lowest BCUT2D eigenvalue weighted by Gasteiger charge is -2.10. The minimum absolute atomic E-state index is 0.672. The molecule has 0 radical (unpaired) electrons. The summed E-state index contributed by atoms with van der Waals surface area (Å²) in [5.41, 5.74) is 1.14. The lowest BCUT2D eigenvalue weighted by molar-refractivity contribution is 0.340. The molecule has 4 nitrogen and oxygen atoms in total. The van der Waals surface area contributed by atoms with Crippen LogP contribution in [0.15, 0.2) is 42.6 Å². The second kappa shape index (κ2) is 6.64. The first-order chi connectivity index (χ1) is 9.33. The second-order valence-electron chi connectivity index (χ2n) is 3.99. The molecule has 2 rings (SSSR count). The zero-order valence-corrected chi connectivity index (χ0v) is 11.2. The molecule has 0 aliphatic carbocycles. The molecule has 0 unspecified atom stereocenters. The van der Waals surface area contributed by atoms with Crippen molar-refractivity contribution < 1.29 is 9.47 Å². The Hall–Kier alpha value is -2.23. The second-order valence-corrected chi connectivity index (χ2v) is 3.99. The van der Waals surface area contributed by atoms with Crippen molar-refractivity contribution in [2.75, 3.05) is 19.0 Å². The minimum atomic E-state index is 0.672. The summed E-state index contributed by atoms with van der Waals surface area (Å²) in [4.78, 5) is 4.26. The fourth-order valence-electron chi connectivity index (χ4n) is 1.79. The van der Waals surface area contributed by atoms with E-state index in [-0.39, 0.29) is 0 Å². The van der Waals surface area contributed by atoms with E-state index < -0.39 is 0 Å². The van der Waals surface area contributed by atoms with Crippen LogP contribution in [0, 0.1) is 0 Å². The van der Waals surface area contributed by atoms with Crippen LogP contribution in [0.2, 0.25) is 0 Å². The van der Waals surface area contributed by atoms with Crippen molar-refractivity contribution in [1.29, 1.82) is 0 Å². The van der Waals surface area contributed by atoms with Gasteiger partial charge in [0.25, 0.3) is 0 Å². The first-order valence-corrected chi connectivity index (χ1v) is 6.28. The van der Waals surface area contributed by atoms with Crippen LogP contribution < -0.4 is 14.8 Å². The summed E-state index contributed by atoms with van der Waals surface area (Å²) in [6, 6.07) is 11.7. The number of aromatic nitrogens is 1. The third-order valence-electron chi connectivity index (χ3n) is 2.66. The number of methoxy groups -OCH3 is 1. The number of pyridine rings is 1. The zero-order valence-electron chi connectivity index (χ0n) is 11.2. The first kappa shape index (κ1) is 13.2. The van der Waals surface area contributed by atoms with Crippen LogP contribution in [0.1, 0.15) is 12.5 Å². The van der Waals surface area contributed by atoms with E-state index in [0.29, 0.717) is 13.2 Å². The Bertz CT molecular complexity index is 529. The molecule has 0 aliphatic heterocycles. The number of nitrogens with one attached hydrogen (secondary N) is 1. The highest BCUT2D eigenvalue weighted by molar-refractivity contribution is 5.49. The Kier molecular flexibility index (Phi) is 4.61. The maximum atomic E-state index is 5.48. The van der Waals surface area contributed by atoms with Crippen LogP contribution in [0.4, 0.5) is 5.82 Å². The van der Waals surface area contributed by atoms with E-state index in [0.717, 1.165) is 22.9 Å². The van der Waals surface area contributed by atoms with Crippen molar-refractivity contribution in [3.8, 4) is 11.5 Å². The van der Waals surface area contributed by atoms with Gasteiger partial charge in [0.15, 0.2) is 11.6 Å². The molecule has 0 spiro atoms. The predicted octanol–water partition coefficient (Wildman–Crippen LogP) is 3.10. The van der Waals surface area contributed by atoms with Gasteiger partial charge in [-0.2, -0.15) is 0 Å². The lowest BCUT2D eigenvalue weighted by atomic mass is 10.2. The molecule has 0 saturated heterocycles. The largest absolute Gasteiger partial charge is 0.494 e. The molecule has 19 heavy (non-hydrogen) atoms. The third-order valence-corrected chi connectivity index (χ3v) is 2.66. The van der Waals surface area contributed by atoms with E-state index in [1.807, 2.05) is 43.3 Å². The molecule has 0 atom stereocenters. The molecule has 1 heterocycles. The molecule has 100 valence electrons. The van der Waals surface area contributed by atoms with E-state index in [4.69, 9.17) is 9.47 Å². The van der Waals surface area contributed by atoms with Gasteiger partial charge < -0.3 is 14.8 Å². The number of nitrogens with zero attached hydrogens (tertiary/aromatic N) is 1. The third kappa shape index (κ3) is 3.61. The van der Waals surface area contributed by atoms with E-state index in [1.54, 1.807) is 13.3 Å². The molecule has 0 aliphatic rings. The predicted molar refractivity (Wildman–Crippen MR) is 75.7 cm³/mol. The van der Waals surface area contributed by atoms with Gasteiger partial charge in [-0.05, 0) is 36.8 Å². The van der Waals surface area contributed by atoms with Crippen molar-refractivity contribution in [1.82, 2.24) is 4.98 Å². The maximum absolute atomic E-state index is 5.48. The van der Waals surface area contributed by atoms with Crippen molar-refractivity contribution in [3.05, 3.63) is 48.2 Å². The number of benzene rings is 1. The van der Waals surface area contributed by atoms with Crippen LogP contribution in [-0.2, 0) is 6.54 Å². The van der Waals surface area contributed by atoms with Crippen molar-refractivity contribution in [3.63, 3.8) is 0 Å². The summed E-state index contributed by atoms with van der Waals surface area (Å²) in [6.45, 7) is 3.32. The van der Waals surface area contributed by atoms with Crippen LogP contribution in [0.5, 0.6) is 11.5 Å².